The molecule has 0 atom stereocenters. The Labute approximate surface area is 151 Å². The maximum Gasteiger partial charge on any atom is 0.252 e. The van der Waals surface area contributed by atoms with Gasteiger partial charge in [-0.1, -0.05) is 36.4 Å². The van der Waals surface area contributed by atoms with Gasteiger partial charge in [0.15, 0.2) is 0 Å². The summed E-state index contributed by atoms with van der Waals surface area (Å²) < 4.78 is 0.976. The molecule has 1 heterocycles. The highest BCUT2D eigenvalue weighted by atomic mass is 127. The summed E-state index contributed by atoms with van der Waals surface area (Å²) >= 11 is 2.19. The highest BCUT2D eigenvalue weighted by Gasteiger charge is 2.12. The Morgan fingerprint density at radius 3 is 2.35 bits per heavy atom. The van der Waals surface area contributed by atoms with Crippen LogP contribution in [-0.2, 0) is 13.1 Å². The smallest absolute Gasteiger partial charge is 0.252 e. The third-order valence-electron chi connectivity index (χ3n) is 4.20. The summed E-state index contributed by atoms with van der Waals surface area (Å²) in [6.45, 7) is 4.03. The van der Waals surface area contributed by atoms with Gasteiger partial charge in [-0.15, -0.1) is 0 Å². The molecule has 1 N–H and O–H groups in total. The van der Waals surface area contributed by atoms with Gasteiger partial charge < -0.3 is 5.32 Å². The molecule has 0 bridgehead atoms. The van der Waals surface area contributed by atoms with E-state index in [4.69, 9.17) is 0 Å². The highest BCUT2D eigenvalue weighted by molar-refractivity contribution is 14.1. The van der Waals surface area contributed by atoms with Crippen LogP contribution in [0.5, 0.6) is 0 Å². The third kappa shape index (κ3) is 4.54. The fourth-order valence-electron chi connectivity index (χ4n) is 2.88. The van der Waals surface area contributed by atoms with Crippen molar-refractivity contribution in [2.75, 3.05) is 13.1 Å². The number of hydrogen-bond donors (Lipinski definition) is 1. The molecule has 1 saturated heterocycles. The van der Waals surface area contributed by atoms with Crippen molar-refractivity contribution in [2.45, 2.75) is 25.9 Å². The van der Waals surface area contributed by atoms with Crippen molar-refractivity contribution in [2.24, 2.45) is 0 Å². The van der Waals surface area contributed by atoms with Crippen LogP contribution >= 0.6 is 22.6 Å². The van der Waals surface area contributed by atoms with Gasteiger partial charge in [0.1, 0.15) is 0 Å². The van der Waals surface area contributed by atoms with Crippen molar-refractivity contribution in [1.29, 1.82) is 0 Å². The number of amides is 1. The first-order valence-electron chi connectivity index (χ1n) is 8.05. The molecular weight excluding hydrogens is 399 g/mol. The first-order chi connectivity index (χ1) is 11.2. The van der Waals surface area contributed by atoms with Gasteiger partial charge in [0, 0.05) is 16.7 Å². The number of carbonyl (C=O) groups is 1. The van der Waals surface area contributed by atoms with Gasteiger partial charge in [0.2, 0.25) is 0 Å². The Morgan fingerprint density at radius 2 is 1.65 bits per heavy atom. The molecule has 23 heavy (non-hydrogen) atoms. The zero-order valence-corrected chi connectivity index (χ0v) is 15.3. The molecule has 1 fully saturated rings. The predicted octanol–water partition coefficient (Wildman–Crippen LogP) is 3.82. The number of nitrogens with one attached hydrogen (secondary N) is 1. The van der Waals surface area contributed by atoms with Gasteiger partial charge in [-0.25, -0.2) is 0 Å². The minimum absolute atomic E-state index is 0.0175. The number of benzene rings is 2. The molecule has 0 aliphatic carbocycles. The monoisotopic (exact) mass is 420 g/mol. The second-order valence-electron chi connectivity index (χ2n) is 5.96. The fourth-order valence-corrected chi connectivity index (χ4v) is 3.52. The number of likely N-dealkylation sites (tertiary alicyclic amines) is 1. The molecule has 0 spiro atoms. The number of carbonyl (C=O) groups excluding carboxylic acids is 1. The van der Waals surface area contributed by atoms with E-state index in [0.717, 1.165) is 21.2 Å². The first-order valence-corrected chi connectivity index (χ1v) is 9.13. The van der Waals surface area contributed by atoms with Crippen LogP contribution in [0.4, 0.5) is 0 Å². The molecule has 1 aliphatic heterocycles. The molecule has 1 amide bonds. The summed E-state index contributed by atoms with van der Waals surface area (Å²) in [5.74, 6) is -0.0175. The van der Waals surface area contributed by atoms with Crippen LogP contribution in [0.15, 0.2) is 48.5 Å². The van der Waals surface area contributed by atoms with E-state index in [1.807, 2.05) is 24.3 Å². The Morgan fingerprint density at radius 1 is 1.00 bits per heavy atom. The number of halogens is 1. The van der Waals surface area contributed by atoms with Gasteiger partial charge in [0.25, 0.3) is 5.91 Å². The first kappa shape index (κ1) is 16.5. The second-order valence-corrected chi connectivity index (χ2v) is 7.12. The largest absolute Gasteiger partial charge is 0.348 e. The van der Waals surface area contributed by atoms with Crippen LogP contribution in [0.2, 0.25) is 0 Å². The molecule has 3 nitrogen and oxygen atoms in total. The normalized spacial score (nSPS) is 14.8. The highest BCUT2D eigenvalue weighted by Crippen LogP contribution is 2.14. The van der Waals surface area contributed by atoms with E-state index in [-0.39, 0.29) is 5.91 Å². The quantitative estimate of drug-likeness (QED) is 0.747. The standard InChI is InChI=1S/C19H21IN2O/c20-18-6-2-1-5-17(18)19(23)21-13-15-7-9-16(10-8-15)14-22-11-3-4-12-22/h1-2,5-10H,3-4,11-14H2,(H,21,23). The average Bonchev–Trinajstić information content (AvgIpc) is 3.07. The second kappa shape index (κ2) is 7.93. The van der Waals surface area contributed by atoms with E-state index in [0.29, 0.717) is 6.54 Å². The van der Waals surface area contributed by atoms with Crippen LogP contribution in [-0.4, -0.2) is 23.9 Å². The maximum atomic E-state index is 12.2. The third-order valence-corrected chi connectivity index (χ3v) is 5.14. The van der Waals surface area contributed by atoms with E-state index < -0.39 is 0 Å². The SMILES string of the molecule is O=C(NCc1ccc(CN2CCCC2)cc1)c1ccccc1I. The van der Waals surface area contributed by atoms with E-state index in [1.165, 1.54) is 31.5 Å². The van der Waals surface area contributed by atoms with E-state index >= 15 is 0 Å². The average molecular weight is 420 g/mol. The number of hydrogen-bond acceptors (Lipinski definition) is 2. The molecule has 2 aromatic carbocycles. The van der Waals surface area contributed by atoms with Crippen molar-refractivity contribution >= 4 is 28.5 Å². The molecule has 0 aromatic heterocycles. The number of nitrogens with zero attached hydrogens (tertiary/aromatic N) is 1. The molecule has 2 aromatic rings. The van der Waals surface area contributed by atoms with Gasteiger partial charge in [-0.05, 0) is 71.8 Å². The predicted molar refractivity (Wildman–Crippen MR) is 101 cm³/mol. The Kier molecular flexibility index (Phi) is 5.67. The molecule has 3 rings (SSSR count). The Bertz CT molecular complexity index is 663. The zero-order valence-electron chi connectivity index (χ0n) is 13.1. The lowest BCUT2D eigenvalue weighted by atomic mass is 10.1. The molecule has 1 aliphatic rings. The maximum absolute atomic E-state index is 12.2. The lowest BCUT2D eigenvalue weighted by Gasteiger charge is -2.14. The van der Waals surface area contributed by atoms with Crippen molar-refractivity contribution in [3.05, 3.63) is 68.8 Å². The molecular formula is C19H21IN2O. The van der Waals surface area contributed by atoms with Crippen molar-refractivity contribution in [1.82, 2.24) is 10.2 Å². The molecule has 120 valence electrons. The fraction of sp³-hybridized carbons (Fsp3) is 0.316. The lowest BCUT2D eigenvalue weighted by molar-refractivity contribution is 0.0950. The van der Waals surface area contributed by atoms with Crippen LogP contribution < -0.4 is 5.32 Å². The van der Waals surface area contributed by atoms with Crippen LogP contribution in [0.3, 0.4) is 0 Å². The van der Waals surface area contributed by atoms with Gasteiger partial charge in [-0.3, -0.25) is 9.69 Å². The minimum Gasteiger partial charge on any atom is -0.348 e. The van der Waals surface area contributed by atoms with Gasteiger partial charge in [-0.2, -0.15) is 0 Å². The van der Waals surface area contributed by atoms with E-state index in [9.17, 15) is 4.79 Å². The van der Waals surface area contributed by atoms with Crippen molar-refractivity contribution < 1.29 is 4.79 Å². The minimum atomic E-state index is -0.0175. The van der Waals surface area contributed by atoms with Crippen LogP contribution in [0.25, 0.3) is 0 Å². The van der Waals surface area contributed by atoms with Gasteiger partial charge >= 0.3 is 0 Å². The molecule has 4 heteroatoms. The van der Waals surface area contributed by atoms with Crippen molar-refractivity contribution in [3.63, 3.8) is 0 Å². The van der Waals surface area contributed by atoms with E-state index in [1.54, 1.807) is 0 Å². The van der Waals surface area contributed by atoms with Gasteiger partial charge in [0.05, 0.1) is 5.56 Å². The van der Waals surface area contributed by atoms with E-state index in [2.05, 4.69) is 57.1 Å². The number of rotatable bonds is 5. The summed E-state index contributed by atoms with van der Waals surface area (Å²) in [5.41, 5.74) is 3.22. The van der Waals surface area contributed by atoms with Crippen molar-refractivity contribution in [3.8, 4) is 0 Å². The summed E-state index contributed by atoms with van der Waals surface area (Å²) in [5, 5.41) is 2.99. The summed E-state index contributed by atoms with van der Waals surface area (Å²) in [7, 11) is 0. The molecule has 0 saturated carbocycles. The van der Waals surface area contributed by atoms with Crippen LogP contribution in [0.1, 0.15) is 34.3 Å². The lowest BCUT2D eigenvalue weighted by Crippen LogP contribution is -2.23. The summed E-state index contributed by atoms with van der Waals surface area (Å²) in [6, 6.07) is 16.2. The summed E-state index contributed by atoms with van der Waals surface area (Å²) in [6.07, 6.45) is 2.64. The zero-order chi connectivity index (χ0) is 16.1. The summed E-state index contributed by atoms with van der Waals surface area (Å²) in [4.78, 5) is 14.7. The Balaban J connectivity index is 1.54. The molecule has 0 radical (unpaired) electrons. The molecule has 0 unspecified atom stereocenters. The topological polar surface area (TPSA) is 32.3 Å². The van der Waals surface area contributed by atoms with Crippen LogP contribution in [0, 0.1) is 3.57 Å². The Hall–Kier alpha value is -1.40.